The first-order valence-corrected chi connectivity index (χ1v) is 4.39. The lowest BCUT2D eigenvalue weighted by molar-refractivity contribution is -0.139. The Morgan fingerprint density at radius 2 is 2.13 bits per heavy atom. The maximum Gasteiger partial charge on any atom is 0.310 e. The number of carbonyl (C=O) groups excluding carboxylic acids is 1. The Morgan fingerprint density at radius 1 is 1.47 bits per heavy atom. The second kappa shape index (κ2) is 4.79. The van der Waals surface area contributed by atoms with Crippen molar-refractivity contribution >= 4 is 23.5 Å². The monoisotopic (exact) mass is 231 g/mol. The summed E-state index contributed by atoms with van der Waals surface area (Å²) in [5.74, 6) is -0.285. The van der Waals surface area contributed by atoms with Crippen LogP contribution in [0.3, 0.4) is 0 Å². The normalized spacial score (nSPS) is 9.80. The average Bonchev–Trinajstić information content (AvgIpc) is 2.21. The van der Waals surface area contributed by atoms with Crippen LogP contribution in [-0.4, -0.2) is 30.2 Å². The van der Waals surface area contributed by atoms with Crippen molar-refractivity contribution in [2.24, 2.45) is 0 Å². The molecular weight excluding hydrogens is 222 g/mol. The van der Waals surface area contributed by atoms with Gasteiger partial charge in [0, 0.05) is 0 Å². The lowest BCUT2D eigenvalue weighted by atomic mass is 10.2. The molecule has 1 aromatic rings. The fourth-order valence-electron chi connectivity index (χ4n) is 0.987. The van der Waals surface area contributed by atoms with Gasteiger partial charge in [0.15, 0.2) is 0 Å². The van der Waals surface area contributed by atoms with E-state index in [2.05, 4.69) is 14.7 Å². The number of aromatic nitrogens is 2. The highest BCUT2D eigenvalue weighted by Gasteiger charge is 2.16. The standard InChI is InChI=1S/C8H10ClN3O3/c1-14-5(13)3-4-6(9)11-8(10)12-7(4)15-2/h3H2,1-2H3,(H2,10,11,12). The fourth-order valence-corrected chi connectivity index (χ4v) is 1.22. The van der Waals surface area contributed by atoms with Gasteiger partial charge in [-0.25, -0.2) is 4.98 Å². The minimum atomic E-state index is -0.455. The number of anilines is 1. The molecule has 0 bridgehead atoms. The van der Waals surface area contributed by atoms with Crippen molar-refractivity contribution in [3.05, 3.63) is 10.7 Å². The van der Waals surface area contributed by atoms with Crippen LogP contribution in [-0.2, 0) is 16.0 Å². The Bertz CT molecular complexity index is 384. The van der Waals surface area contributed by atoms with Gasteiger partial charge in [0.05, 0.1) is 26.2 Å². The summed E-state index contributed by atoms with van der Waals surface area (Å²) in [4.78, 5) is 18.6. The first-order chi connectivity index (χ1) is 7.08. The van der Waals surface area contributed by atoms with Crippen molar-refractivity contribution in [2.75, 3.05) is 20.0 Å². The first-order valence-electron chi connectivity index (χ1n) is 4.01. The summed E-state index contributed by atoms with van der Waals surface area (Å²) in [7, 11) is 2.68. The number of rotatable bonds is 3. The second-order valence-electron chi connectivity index (χ2n) is 2.61. The van der Waals surface area contributed by atoms with E-state index in [1.54, 1.807) is 0 Å². The largest absolute Gasteiger partial charge is 0.481 e. The molecule has 1 rings (SSSR count). The summed E-state index contributed by atoms with van der Waals surface area (Å²) in [6.07, 6.45) is -0.0568. The Balaban J connectivity index is 3.09. The molecule has 15 heavy (non-hydrogen) atoms. The van der Waals surface area contributed by atoms with Gasteiger partial charge in [-0.15, -0.1) is 0 Å². The van der Waals surface area contributed by atoms with Crippen LogP contribution in [0.25, 0.3) is 0 Å². The first kappa shape index (κ1) is 11.5. The van der Waals surface area contributed by atoms with Crippen molar-refractivity contribution in [1.29, 1.82) is 0 Å². The minimum absolute atomic E-state index is 0.00883. The topological polar surface area (TPSA) is 87.3 Å². The fraction of sp³-hybridized carbons (Fsp3) is 0.375. The highest BCUT2D eigenvalue weighted by molar-refractivity contribution is 6.30. The van der Waals surface area contributed by atoms with Crippen LogP contribution in [0.1, 0.15) is 5.56 Å². The second-order valence-corrected chi connectivity index (χ2v) is 2.97. The molecule has 0 radical (unpaired) electrons. The number of carbonyl (C=O) groups is 1. The molecule has 0 atom stereocenters. The lowest BCUT2D eigenvalue weighted by Gasteiger charge is -2.08. The molecule has 7 heteroatoms. The summed E-state index contributed by atoms with van der Waals surface area (Å²) in [5, 5.41) is 0.0877. The molecule has 0 aliphatic heterocycles. The van der Waals surface area contributed by atoms with Crippen LogP contribution in [0.4, 0.5) is 5.95 Å². The molecule has 0 amide bonds. The van der Waals surface area contributed by atoms with Gasteiger partial charge in [-0.3, -0.25) is 4.79 Å². The van der Waals surface area contributed by atoms with Crippen molar-refractivity contribution in [2.45, 2.75) is 6.42 Å². The van der Waals surface area contributed by atoms with E-state index in [4.69, 9.17) is 22.1 Å². The van der Waals surface area contributed by atoms with Gasteiger partial charge in [-0.2, -0.15) is 4.98 Å². The van der Waals surface area contributed by atoms with E-state index in [1.165, 1.54) is 14.2 Å². The van der Waals surface area contributed by atoms with E-state index in [9.17, 15) is 4.79 Å². The van der Waals surface area contributed by atoms with Crippen LogP contribution >= 0.6 is 11.6 Å². The summed E-state index contributed by atoms with van der Waals surface area (Å²) in [6, 6.07) is 0. The molecule has 0 unspecified atom stereocenters. The number of methoxy groups -OCH3 is 2. The number of nitrogens with zero attached hydrogens (tertiary/aromatic N) is 2. The van der Waals surface area contributed by atoms with Crippen LogP contribution in [0, 0.1) is 0 Å². The predicted octanol–water partition coefficient (Wildman–Crippen LogP) is 0.436. The van der Waals surface area contributed by atoms with Crippen molar-refractivity contribution in [3.8, 4) is 5.88 Å². The zero-order valence-electron chi connectivity index (χ0n) is 8.28. The Hall–Kier alpha value is -1.56. The summed E-state index contributed by atoms with van der Waals surface area (Å²) < 4.78 is 9.43. The number of hydrogen-bond donors (Lipinski definition) is 1. The number of nitrogens with two attached hydrogens (primary N) is 1. The third-order valence-corrected chi connectivity index (χ3v) is 1.99. The molecule has 1 aromatic heterocycles. The number of hydrogen-bond acceptors (Lipinski definition) is 6. The highest BCUT2D eigenvalue weighted by atomic mass is 35.5. The number of esters is 1. The molecular formula is C8H10ClN3O3. The molecule has 0 aliphatic rings. The van der Waals surface area contributed by atoms with Gasteiger partial charge in [0.1, 0.15) is 5.15 Å². The number of ether oxygens (including phenoxy) is 2. The third kappa shape index (κ3) is 2.69. The SMILES string of the molecule is COC(=O)Cc1c(Cl)nc(N)nc1OC. The molecule has 0 saturated heterocycles. The predicted molar refractivity (Wildman–Crippen MR) is 53.7 cm³/mol. The lowest BCUT2D eigenvalue weighted by Crippen LogP contribution is -2.09. The Labute approximate surface area is 91.4 Å². The minimum Gasteiger partial charge on any atom is -0.481 e. The van der Waals surface area contributed by atoms with Crippen molar-refractivity contribution in [3.63, 3.8) is 0 Å². The molecule has 0 saturated carbocycles. The highest BCUT2D eigenvalue weighted by Crippen LogP contribution is 2.24. The summed E-state index contributed by atoms with van der Waals surface area (Å²) >= 11 is 5.80. The molecule has 0 aromatic carbocycles. The van der Waals surface area contributed by atoms with Crippen molar-refractivity contribution < 1.29 is 14.3 Å². The van der Waals surface area contributed by atoms with E-state index in [0.717, 1.165) is 0 Å². The maximum absolute atomic E-state index is 11.1. The summed E-state index contributed by atoms with van der Waals surface area (Å²) in [6.45, 7) is 0. The molecule has 1 heterocycles. The molecule has 2 N–H and O–H groups in total. The van der Waals surface area contributed by atoms with E-state index in [0.29, 0.717) is 5.56 Å². The average molecular weight is 232 g/mol. The van der Waals surface area contributed by atoms with Gasteiger partial charge < -0.3 is 15.2 Å². The number of nitrogen functional groups attached to an aromatic ring is 1. The van der Waals surface area contributed by atoms with Crippen LogP contribution in [0.2, 0.25) is 5.15 Å². The zero-order chi connectivity index (χ0) is 11.4. The molecule has 0 fully saturated rings. The van der Waals surface area contributed by atoms with Crippen LogP contribution in [0.5, 0.6) is 5.88 Å². The molecule has 0 spiro atoms. The van der Waals surface area contributed by atoms with Gasteiger partial charge in [-0.1, -0.05) is 11.6 Å². The van der Waals surface area contributed by atoms with Gasteiger partial charge in [0.25, 0.3) is 0 Å². The van der Waals surface area contributed by atoms with Gasteiger partial charge >= 0.3 is 5.97 Å². The third-order valence-electron chi connectivity index (χ3n) is 1.68. The maximum atomic E-state index is 11.1. The van der Waals surface area contributed by atoms with Gasteiger partial charge in [0.2, 0.25) is 11.8 Å². The van der Waals surface area contributed by atoms with E-state index < -0.39 is 5.97 Å². The molecule has 82 valence electrons. The van der Waals surface area contributed by atoms with E-state index in [1.807, 2.05) is 0 Å². The van der Waals surface area contributed by atoms with E-state index in [-0.39, 0.29) is 23.4 Å². The molecule has 6 nitrogen and oxygen atoms in total. The van der Waals surface area contributed by atoms with Gasteiger partial charge in [-0.05, 0) is 0 Å². The smallest absolute Gasteiger partial charge is 0.310 e. The van der Waals surface area contributed by atoms with Crippen LogP contribution < -0.4 is 10.5 Å². The summed E-state index contributed by atoms with van der Waals surface area (Å²) in [5.41, 5.74) is 5.73. The number of halogens is 1. The Kier molecular flexibility index (Phi) is 3.68. The van der Waals surface area contributed by atoms with Crippen LogP contribution in [0.15, 0.2) is 0 Å². The zero-order valence-corrected chi connectivity index (χ0v) is 9.04. The van der Waals surface area contributed by atoms with Crippen molar-refractivity contribution in [1.82, 2.24) is 9.97 Å². The quantitative estimate of drug-likeness (QED) is 0.600. The Morgan fingerprint density at radius 3 is 2.67 bits per heavy atom. The van der Waals surface area contributed by atoms with E-state index >= 15 is 0 Å². The molecule has 0 aliphatic carbocycles.